The number of imide groups is 3. The molecular formula is C11H11NO3. The fourth-order valence-electron chi connectivity index (χ4n) is 1.30. The zero-order valence-corrected chi connectivity index (χ0v) is 8.56. The molecule has 1 aromatic carbocycles. The van der Waals surface area contributed by atoms with Crippen LogP contribution in [-0.4, -0.2) is 23.1 Å². The van der Waals surface area contributed by atoms with E-state index in [1.165, 1.54) is 12.1 Å². The molecule has 0 unspecified atom stereocenters. The number of rotatable bonds is 1. The SMILES string of the molecule is CC.O=CN1C(=O)c2ccccc2C1=O. The molecule has 1 aromatic rings. The summed E-state index contributed by atoms with van der Waals surface area (Å²) in [5, 5.41) is 0. The van der Waals surface area contributed by atoms with Gasteiger partial charge < -0.3 is 0 Å². The van der Waals surface area contributed by atoms with E-state index < -0.39 is 11.8 Å². The summed E-state index contributed by atoms with van der Waals surface area (Å²) in [5.41, 5.74) is 0.583. The molecule has 15 heavy (non-hydrogen) atoms. The minimum atomic E-state index is -0.546. The van der Waals surface area contributed by atoms with E-state index in [1.54, 1.807) is 12.1 Å². The Labute approximate surface area is 87.5 Å². The molecule has 0 aromatic heterocycles. The third kappa shape index (κ3) is 1.66. The van der Waals surface area contributed by atoms with E-state index in [0.29, 0.717) is 16.0 Å². The Bertz CT molecular complexity index is 377. The van der Waals surface area contributed by atoms with Crippen LogP contribution in [0, 0.1) is 0 Å². The van der Waals surface area contributed by atoms with Gasteiger partial charge >= 0.3 is 0 Å². The molecule has 3 amide bonds. The number of amides is 3. The van der Waals surface area contributed by atoms with Crippen LogP contribution < -0.4 is 0 Å². The molecule has 78 valence electrons. The van der Waals surface area contributed by atoms with Gasteiger partial charge in [-0.1, -0.05) is 26.0 Å². The maximum absolute atomic E-state index is 11.3. The van der Waals surface area contributed by atoms with E-state index in [4.69, 9.17) is 0 Å². The first-order valence-corrected chi connectivity index (χ1v) is 4.68. The number of carbonyl (C=O) groups is 3. The van der Waals surface area contributed by atoms with Gasteiger partial charge in [0.2, 0.25) is 6.41 Å². The number of hydrogen-bond acceptors (Lipinski definition) is 3. The lowest BCUT2D eigenvalue weighted by Gasteiger charge is -2.00. The summed E-state index contributed by atoms with van der Waals surface area (Å²) in [6.45, 7) is 4.00. The molecule has 2 rings (SSSR count). The second-order valence-electron chi connectivity index (χ2n) is 2.63. The molecule has 1 aliphatic heterocycles. The predicted octanol–water partition coefficient (Wildman–Crippen LogP) is 1.47. The van der Waals surface area contributed by atoms with Gasteiger partial charge in [0.25, 0.3) is 11.8 Å². The lowest BCUT2D eigenvalue weighted by atomic mass is 10.1. The number of benzene rings is 1. The summed E-state index contributed by atoms with van der Waals surface area (Å²) in [4.78, 5) is 33.6. The van der Waals surface area contributed by atoms with Crippen molar-refractivity contribution in [1.29, 1.82) is 0 Å². The van der Waals surface area contributed by atoms with Gasteiger partial charge in [-0.3, -0.25) is 14.4 Å². The van der Waals surface area contributed by atoms with Crippen LogP contribution in [0.2, 0.25) is 0 Å². The van der Waals surface area contributed by atoms with E-state index >= 15 is 0 Å². The van der Waals surface area contributed by atoms with Crippen LogP contribution in [0.15, 0.2) is 24.3 Å². The van der Waals surface area contributed by atoms with E-state index in [2.05, 4.69) is 0 Å². The predicted molar refractivity (Wildman–Crippen MR) is 54.4 cm³/mol. The molecule has 0 spiro atoms. The molecule has 0 saturated heterocycles. The number of carbonyl (C=O) groups excluding carboxylic acids is 3. The van der Waals surface area contributed by atoms with Crippen molar-refractivity contribution in [3.05, 3.63) is 35.4 Å². The monoisotopic (exact) mass is 205 g/mol. The van der Waals surface area contributed by atoms with Crippen LogP contribution in [-0.2, 0) is 4.79 Å². The lowest BCUT2D eigenvalue weighted by Crippen LogP contribution is -2.27. The zero-order valence-electron chi connectivity index (χ0n) is 8.56. The first-order valence-electron chi connectivity index (χ1n) is 4.68. The van der Waals surface area contributed by atoms with Gasteiger partial charge in [0.05, 0.1) is 11.1 Å². The van der Waals surface area contributed by atoms with Crippen molar-refractivity contribution in [3.63, 3.8) is 0 Å². The van der Waals surface area contributed by atoms with Gasteiger partial charge in [0.1, 0.15) is 0 Å². The molecule has 0 bridgehead atoms. The van der Waals surface area contributed by atoms with Crippen LogP contribution in [0.5, 0.6) is 0 Å². The highest BCUT2D eigenvalue weighted by molar-refractivity contribution is 6.26. The Balaban J connectivity index is 0.000000531. The molecule has 0 saturated carbocycles. The molecule has 4 nitrogen and oxygen atoms in total. The minimum absolute atomic E-state index is 0.241. The molecule has 1 heterocycles. The summed E-state index contributed by atoms with van der Waals surface area (Å²) in [6, 6.07) is 6.36. The summed E-state index contributed by atoms with van der Waals surface area (Å²) >= 11 is 0. The van der Waals surface area contributed by atoms with Crippen LogP contribution in [0.3, 0.4) is 0 Å². The summed E-state index contributed by atoms with van der Waals surface area (Å²) in [6.07, 6.45) is 0.241. The normalized spacial score (nSPS) is 13.1. The fourth-order valence-corrected chi connectivity index (χ4v) is 1.30. The van der Waals surface area contributed by atoms with Gasteiger partial charge in [0, 0.05) is 0 Å². The largest absolute Gasteiger partial charge is 0.278 e. The van der Waals surface area contributed by atoms with Crippen LogP contribution >= 0.6 is 0 Å². The van der Waals surface area contributed by atoms with Crippen molar-refractivity contribution < 1.29 is 14.4 Å². The van der Waals surface area contributed by atoms with Gasteiger partial charge in [-0.05, 0) is 12.1 Å². The number of fused-ring (bicyclic) bond motifs is 1. The maximum Gasteiger partial charge on any atom is 0.268 e. The fraction of sp³-hybridized carbons (Fsp3) is 0.182. The number of hydrogen-bond donors (Lipinski definition) is 0. The second-order valence-corrected chi connectivity index (χ2v) is 2.63. The minimum Gasteiger partial charge on any atom is -0.278 e. The maximum atomic E-state index is 11.3. The van der Waals surface area contributed by atoms with E-state index in [0.717, 1.165) is 0 Å². The first kappa shape index (κ1) is 11.1. The van der Waals surface area contributed by atoms with Crippen molar-refractivity contribution in [2.24, 2.45) is 0 Å². The topological polar surface area (TPSA) is 54.5 Å². The van der Waals surface area contributed by atoms with Gasteiger partial charge in [0.15, 0.2) is 0 Å². The highest BCUT2D eigenvalue weighted by atomic mass is 16.2. The quantitative estimate of drug-likeness (QED) is 0.515. The summed E-state index contributed by atoms with van der Waals surface area (Å²) < 4.78 is 0. The highest BCUT2D eigenvalue weighted by Crippen LogP contribution is 2.20. The van der Waals surface area contributed by atoms with Crippen LogP contribution in [0.4, 0.5) is 0 Å². The van der Waals surface area contributed by atoms with Crippen molar-refractivity contribution >= 4 is 18.2 Å². The molecular weight excluding hydrogens is 194 g/mol. The summed E-state index contributed by atoms with van der Waals surface area (Å²) in [5.74, 6) is -1.09. The Morgan fingerprint density at radius 3 is 1.73 bits per heavy atom. The second kappa shape index (κ2) is 4.50. The smallest absolute Gasteiger partial charge is 0.268 e. The van der Waals surface area contributed by atoms with Gasteiger partial charge in [-0.25, -0.2) is 4.90 Å². The third-order valence-corrected chi connectivity index (χ3v) is 1.93. The average molecular weight is 205 g/mol. The standard InChI is InChI=1S/C9H5NO3.C2H6/c11-5-10-8(12)6-3-1-2-4-7(6)9(10)13;1-2/h1-5H;1-2H3. The third-order valence-electron chi connectivity index (χ3n) is 1.93. The van der Waals surface area contributed by atoms with E-state index in [-0.39, 0.29) is 6.41 Å². The van der Waals surface area contributed by atoms with E-state index in [9.17, 15) is 14.4 Å². The molecule has 0 radical (unpaired) electrons. The summed E-state index contributed by atoms with van der Waals surface area (Å²) in [7, 11) is 0. The molecule has 1 aliphatic rings. The molecule has 0 aliphatic carbocycles. The Hall–Kier alpha value is -1.97. The average Bonchev–Trinajstić information content (AvgIpc) is 2.55. The van der Waals surface area contributed by atoms with Gasteiger partial charge in [-0.2, -0.15) is 0 Å². The molecule has 4 heteroatoms. The van der Waals surface area contributed by atoms with Gasteiger partial charge in [-0.15, -0.1) is 0 Å². The van der Waals surface area contributed by atoms with Crippen molar-refractivity contribution in [2.75, 3.05) is 0 Å². The zero-order chi connectivity index (χ0) is 11.4. The first-order chi connectivity index (χ1) is 7.25. The highest BCUT2D eigenvalue weighted by Gasteiger charge is 2.34. The van der Waals surface area contributed by atoms with Crippen molar-refractivity contribution in [1.82, 2.24) is 4.90 Å². The number of nitrogens with zero attached hydrogens (tertiary/aromatic N) is 1. The van der Waals surface area contributed by atoms with E-state index in [1.807, 2.05) is 13.8 Å². The van der Waals surface area contributed by atoms with Crippen molar-refractivity contribution in [2.45, 2.75) is 13.8 Å². The van der Waals surface area contributed by atoms with Crippen LogP contribution in [0.25, 0.3) is 0 Å². The Morgan fingerprint density at radius 1 is 1.00 bits per heavy atom. The molecule has 0 N–H and O–H groups in total. The Morgan fingerprint density at radius 2 is 1.40 bits per heavy atom. The Kier molecular flexibility index (Phi) is 3.33. The molecule has 0 fully saturated rings. The lowest BCUT2D eigenvalue weighted by molar-refractivity contribution is -0.114. The molecule has 0 atom stereocenters. The van der Waals surface area contributed by atoms with Crippen molar-refractivity contribution in [3.8, 4) is 0 Å². The van der Waals surface area contributed by atoms with Crippen LogP contribution in [0.1, 0.15) is 34.6 Å².